The van der Waals surface area contributed by atoms with E-state index in [4.69, 9.17) is 23.2 Å². The lowest BCUT2D eigenvalue weighted by atomic mass is 10.1. The molecule has 2 aromatic carbocycles. The number of nitrogens with zero attached hydrogens (tertiary/aromatic N) is 1. The average Bonchev–Trinajstić information content (AvgIpc) is 2.97. The van der Waals surface area contributed by atoms with Gasteiger partial charge in [-0.05, 0) is 49.1 Å². The molecule has 148 valence electrons. The minimum absolute atomic E-state index is 0.0213. The van der Waals surface area contributed by atoms with Crippen molar-refractivity contribution in [2.75, 3.05) is 18.4 Å². The molecule has 0 unspecified atom stereocenters. The average molecular weight is 419 g/mol. The number of anilines is 1. The van der Waals surface area contributed by atoms with E-state index < -0.39 is 0 Å². The maximum atomic E-state index is 13.0. The number of para-hydroxylation sites is 1. The van der Waals surface area contributed by atoms with E-state index in [2.05, 4.69) is 5.32 Å². The molecule has 3 rings (SSSR count). The van der Waals surface area contributed by atoms with E-state index in [9.17, 15) is 9.59 Å². The highest BCUT2D eigenvalue weighted by Gasteiger charge is 2.20. The molecular formula is C22H24Cl2N2O2. The largest absolute Gasteiger partial charge is 0.339 e. The van der Waals surface area contributed by atoms with Crippen LogP contribution in [0.1, 0.15) is 48.0 Å². The van der Waals surface area contributed by atoms with Crippen molar-refractivity contribution in [3.8, 4) is 0 Å². The highest BCUT2D eigenvalue weighted by atomic mass is 35.5. The summed E-state index contributed by atoms with van der Waals surface area (Å²) in [5.41, 5.74) is 1.84. The molecule has 0 saturated carbocycles. The fourth-order valence-corrected chi connectivity index (χ4v) is 4.03. The Labute approximate surface area is 175 Å². The molecule has 2 amide bonds. The Kier molecular flexibility index (Phi) is 7.35. The third-order valence-electron chi connectivity index (χ3n) is 4.99. The molecule has 1 aliphatic heterocycles. The smallest absolute Gasteiger partial charge is 0.255 e. The molecule has 1 fully saturated rings. The Morgan fingerprint density at radius 1 is 0.893 bits per heavy atom. The highest BCUT2D eigenvalue weighted by molar-refractivity contribution is 6.36. The van der Waals surface area contributed by atoms with Gasteiger partial charge in [0.25, 0.3) is 5.91 Å². The number of carbonyl (C=O) groups is 2. The van der Waals surface area contributed by atoms with Gasteiger partial charge in [0.1, 0.15) is 0 Å². The predicted molar refractivity (Wildman–Crippen MR) is 114 cm³/mol. The number of carbonyl (C=O) groups excluding carboxylic acids is 2. The van der Waals surface area contributed by atoms with Crippen LogP contribution in [0.4, 0.5) is 5.69 Å². The van der Waals surface area contributed by atoms with Crippen molar-refractivity contribution in [1.82, 2.24) is 4.90 Å². The molecule has 1 saturated heterocycles. The second-order valence-corrected chi connectivity index (χ2v) is 7.81. The summed E-state index contributed by atoms with van der Waals surface area (Å²) in [5, 5.41) is 3.99. The zero-order valence-electron chi connectivity index (χ0n) is 15.7. The molecule has 0 aliphatic carbocycles. The monoisotopic (exact) mass is 418 g/mol. The lowest BCUT2D eigenvalue weighted by Gasteiger charge is -2.22. The normalized spacial score (nSPS) is 14.4. The van der Waals surface area contributed by atoms with Crippen molar-refractivity contribution in [3.63, 3.8) is 0 Å². The molecule has 1 heterocycles. The zero-order valence-corrected chi connectivity index (χ0v) is 17.2. The summed E-state index contributed by atoms with van der Waals surface area (Å²) in [6, 6.07) is 12.5. The number of hydrogen-bond donors (Lipinski definition) is 1. The van der Waals surface area contributed by atoms with Crippen LogP contribution in [0.3, 0.4) is 0 Å². The van der Waals surface area contributed by atoms with Crippen molar-refractivity contribution in [3.05, 3.63) is 63.6 Å². The van der Waals surface area contributed by atoms with Crippen molar-refractivity contribution in [2.45, 2.75) is 38.5 Å². The Balaban J connectivity index is 1.67. The second kappa shape index (κ2) is 9.94. The number of likely N-dealkylation sites (tertiary alicyclic amines) is 1. The molecule has 1 N–H and O–H groups in total. The number of benzene rings is 2. The van der Waals surface area contributed by atoms with Gasteiger partial charge in [0, 0.05) is 29.6 Å². The molecule has 28 heavy (non-hydrogen) atoms. The Morgan fingerprint density at radius 2 is 1.54 bits per heavy atom. The summed E-state index contributed by atoms with van der Waals surface area (Å²) in [6.45, 7) is 1.54. The van der Waals surface area contributed by atoms with Crippen LogP contribution in [0.25, 0.3) is 0 Å². The fourth-order valence-electron chi connectivity index (χ4n) is 3.45. The maximum Gasteiger partial charge on any atom is 0.255 e. The predicted octanol–water partition coefficient (Wildman–Crippen LogP) is 5.58. The summed E-state index contributed by atoms with van der Waals surface area (Å²) in [6.07, 6.45) is 5.04. The molecular weight excluding hydrogens is 395 g/mol. The summed E-state index contributed by atoms with van der Waals surface area (Å²) in [7, 11) is 0. The van der Waals surface area contributed by atoms with E-state index in [1.165, 1.54) is 0 Å². The van der Waals surface area contributed by atoms with Crippen molar-refractivity contribution < 1.29 is 9.59 Å². The first-order chi connectivity index (χ1) is 13.6. The molecule has 6 heteroatoms. The van der Waals surface area contributed by atoms with Gasteiger partial charge >= 0.3 is 0 Å². The van der Waals surface area contributed by atoms with E-state index >= 15 is 0 Å². The van der Waals surface area contributed by atoms with E-state index in [-0.39, 0.29) is 18.2 Å². The van der Waals surface area contributed by atoms with Gasteiger partial charge in [-0.15, -0.1) is 0 Å². The first-order valence-corrected chi connectivity index (χ1v) is 10.4. The van der Waals surface area contributed by atoms with Crippen molar-refractivity contribution in [1.29, 1.82) is 0 Å². The third-order valence-corrected chi connectivity index (χ3v) is 5.70. The van der Waals surface area contributed by atoms with E-state index in [0.717, 1.165) is 44.3 Å². The Morgan fingerprint density at radius 3 is 2.21 bits per heavy atom. The van der Waals surface area contributed by atoms with Gasteiger partial charge in [-0.1, -0.05) is 54.2 Å². The van der Waals surface area contributed by atoms with Crippen LogP contribution >= 0.6 is 23.2 Å². The topological polar surface area (TPSA) is 49.4 Å². The minimum Gasteiger partial charge on any atom is -0.339 e. The number of rotatable bonds is 5. The van der Waals surface area contributed by atoms with Crippen LogP contribution in [0.15, 0.2) is 42.5 Å². The maximum absolute atomic E-state index is 13.0. The SMILES string of the molecule is O=C(CCc1c(Cl)cccc1Cl)Nc1ccccc1C(=O)N1CCCCCC1. The van der Waals surface area contributed by atoms with Crippen molar-refractivity contribution in [2.24, 2.45) is 0 Å². The Bertz CT molecular complexity index is 826. The second-order valence-electron chi connectivity index (χ2n) is 7.00. The number of nitrogens with one attached hydrogen (secondary N) is 1. The van der Waals surface area contributed by atoms with E-state index in [0.29, 0.717) is 27.7 Å². The van der Waals surface area contributed by atoms with Crippen LogP contribution in [0.2, 0.25) is 10.0 Å². The van der Waals surface area contributed by atoms with Gasteiger partial charge in [-0.3, -0.25) is 9.59 Å². The third kappa shape index (κ3) is 5.27. The molecule has 4 nitrogen and oxygen atoms in total. The quantitative estimate of drug-likeness (QED) is 0.688. The van der Waals surface area contributed by atoms with Crippen molar-refractivity contribution >= 4 is 40.7 Å². The molecule has 0 spiro atoms. The number of amides is 2. The van der Waals surface area contributed by atoms with Gasteiger partial charge in [-0.25, -0.2) is 0 Å². The lowest BCUT2D eigenvalue weighted by molar-refractivity contribution is -0.116. The fraction of sp³-hybridized carbons (Fsp3) is 0.364. The van der Waals surface area contributed by atoms with Crippen LogP contribution < -0.4 is 5.32 Å². The molecule has 0 atom stereocenters. The van der Waals surface area contributed by atoms with E-state index in [1.807, 2.05) is 17.0 Å². The molecule has 0 bridgehead atoms. The summed E-state index contributed by atoms with van der Waals surface area (Å²) in [4.78, 5) is 27.3. The van der Waals surface area contributed by atoms with Crippen LogP contribution in [0, 0.1) is 0 Å². The molecule has 0 aromatic heterocycles. The van der Waals surface area contributed by atoms with Crippen LogP contribution in [-0.2, 0) is 11.2 Å². The standard InChI is InChI=1S/C22H24Cl2N2O2/c23-18-9-7-10-19(24)16(18)12-13-21(27)25-20-11-4-3-8-17(20)22(28)26-14-5-1-2-6-15-26/h3-4,7-11H,1-2,5-6,12-15H2,(H,25,27). The van der Waals surface area contributed by atoms with Gasteiger partial charge < -0.3 is 10.2 Å². The Hall–Kier alpha value is -2.04. The number of halogens is 2. The first-order valence-electron chi connectivity index (χ1n) is 9.67. The van der Waals surface area contributed by atoms with Gasteiger partial charge in [0.15, 0.2) is 0 Å². The zero-order chi connectivity index (χ0) is 19.9. The van der Waals surface area contributed by atoms with Gasteiger partial charge in [0.05, 0.1) is 11.3 Å². The van der Waals surface area contributed by atoms with Crippen LogP contribution in [0.5, 0.6) is 0 Å². The molecule has 1 aliphatic rings. The van der Waals surface area contributed by atoms with Gasteiger partial charge in [0.2, 0.25) is 5.91 Å². The van der Waals surface area contributed by atoms with Crippen LogP contribution in [-0.4, -0.2) is 29.8 Å². The minimum atomic E-state index is -0.174. The number of hydrogen-bond acceptors (Lipinski definition) is 2. The lowest BCUT2D eigenvalue weighted by Crippen LogP contribution is -2.32. The molecule has 0 radical (unpaired) electrons. The summed E-state index contributed by atoms with van der Waals surface area (Å²) >= 11 is 12.3. The molecule has 2 aromatic rings. The summed E-state index contributed by atoms with van der Waals surface area (Å²) in [5.74, 6) is -0.195. The van der Waals surface area contributed by atoms with Gasteiger partial charge in [-0.2, -0.15) is 0 Å². The highest BCUT2D eigenvalue weighted by Crippen LogP contribution is 2.26. The first kappa shape index (κ1) is 20.7. The van der Waals surface area contributed by atoms with E-state index in [1.54, 1.807) is 30.3 Å². The summed E-state index contributed by atoms with van der Waals surface area (Å²) < 4.78 is 0.